The number of quaternary nitrogens is 1. The van der Waals surface area contributed by atoms with Crippen molar-refractivity contribution >= 4 is 12.7 Å². The molecular formula is C17H19N5O. The van der Waals surface area contributed by atoms with Crippen LogP contribution in [0.1, 0.15) is 44.4 Å². The van der Waals surface area contributed by atoms with Gasteiger partial charge in [0.05, 0.1) is 23.0 Å². The summed E-state index contributed by atoms with van der Waals surface area (Å²) in [7, 11) is 0. The van der Waals surface area contributed by atoms with E-state index in [4.69, 9.17) is 0 Å². The van der Waals surface area contributed by atoms with E-state index in [-0.39, 0.29) is 6.54 Å². The highest BCUT2D eigenvalue weighted by molar-refractivity contribution is 5.71. The summed E-state index contributed by atoms with van der Waals surface area (Å²) in [6.07, 6.45) is 2.45. The first kappa shape index (κ1) is 16.8. The lowest BCUT2D eigenvalue weighted by Gasteiger charge is -2.29. The molecule has 1 aromatic carbocycles. The van der Waals surface area contributed by atoms with Gasteiger partial charge in [-0.05, 0) is 51.0 Å². The Morgan fingerprint density at radius 3 is 1.96 bits per heavy atom. The standard InChI is InChI=1S/C17H19N5O/c1-16(2,9-18)14-5-13(8-22(23)12-20-11-21-22)6-15(7-14)17(3,4)10-19/h5-7,11-12H,8H2,1-4H3. The normalized spacial score (nSPS) is 20.3. The van der Waals surface area contributed by atoms with Gasteiger partial charge in [-0.3, -0.25) is 0 Å². The molecule has 23 heavy (non-hydrogen) atoms. The van der Waals surface area contributed by atoms with Crippen molar-refractivity contribution in [1.82, 2.24) is 0 Å². The van der Waals surface area contributed by atoms with Crippen molar-refractivity contribution < 1.29 is 4.76 Å². The zero-order chi connectivity index (χ0) is 17.3. The number of aliphatic imine (C=N–C) groups is 1. The van der Waals surface area contributed by atoms with E-state index in [1.165, 1.54) is 12.7 Å². The first-order valence-corrected chi connectivity index (χ1v) is 7.26. The van der Waals surface area contributed by atoms with Gasteiger partial charge in [-0.2, -0.15) is 20.3 Å². The van der Waals surface area contributed by atoms with E-state index < -0.39 is 15.6 Å². The molecule has 1 atom stereocenters. The van der Waals surface area contributed by atoms with Crippen LogP contribution in [0.3, 0.4) is 0 Å². The second-order valence-electron chi connectivity index (χ2n) is 6.80. The molecule has 0 saturated carbocycles. The van der Waals surface area contributed by atoms with Gasteiger partial charge in [-0.25, -0.2) is 0 Å². The Morgan fingerprint density at radius 1 is 1.04 bits per heavy atom. The zero-order valence-corrected chi connectivity index (χ0v) is 13.7. The van der Waals surface area contributed by atoms with Crippen molar-refractivity contribution in [2.75, 3.05) is 0 Å². The fraction of sp³-hybridized carbons (Fsp3) is 0.412. The van der Waals surface area contributed by atoms with Gasteiger partial charge in [0.1, 0.15) is 6.54 Å². The van der Waals surface area contributed by atoms with E-state index in [0.717, 1.165) is 16.7 Å². The first-order valence-electron chi connectivity index (χ1n) is 7.26. The third-order valence-corrected chi connectivity index (χ3v) is 3.97. The summed E-state index contributed by atoms with van der Waals surface area (Å²) in [4.78, 5) is 3.75. The number of rotatable bonds is 4. The molecule has 1 aliphatic rings. The van der Waals surface area contributed by atoms with Gasteiger partial charge >= 0.3 is 0 Å². The summed E-state index contributed by atoms with van der Waals surface area (Å²) >= 11 is 0. The molecule has 6 nitrogen and oxygen atoms in total. The Kier molecular flexibility index (Phi) is 4.08. The molecule has 0 spiro atoms. The molecule has 2 rings (SSSR count). The van der Waals surface area contributed by atoms with Gasteiger partial charge in [0.15, 0.2) is 6.34 Å². The number of nitriles is 2. The Labute approximate surface area is 136 Å². The third kappa shape index (κ3) is 3.45. The molecule has 1 unspecified atom stereocenters. The van der Waals surface area contributed by atoms with E-state index in [0.29, 0.717) is 0 Å². The third-order valence-electron chi connectivity index (χ3n) is 3.97. The van der Waals surface area contributed by atoms with Gasteiger partial charge in [-0.15, -0.1) is 0 Å². The van der Waals surface area contributed by atoms with E-state index in [2.05, 4.69) is 22.2 Å². The smallest absolute Gasteiger partial charge is 0.219 e. The van der Waals surface area contributed by atoms with Crippen molar-refractivity contribution in [3.63, 3.8) is 0 Å². The van der Waals surface area contributed by atoms with Gasteiger partial charge in [0, 0.05) is 5.56 Å². The van der Waals surface area contributed by atoms with Gasteiger partial charge in [0.25, 0.3) is 0 Å². The Morgan fingerprint density at radius 2 is 1.57 bits per heavy atom. The molecule has 0 amide bonds. The van der Waals surface area contributed by atoms with Crippen LogP contribution in [-0.2, 0) is 17.4 Å². The molecule has 0 aromatic heterocycles. The van der Waals surface area contributed by atoms with Crippen LogP contribution < -0.4 is 0 Å². The molecule has 0 saturated heterocycles. The van der Waals surface area contributed by atoms with Crippen LogP contribution in [-0.4, -0.2) is 17.4 Å². The van der Waals surface area contributed by atoms with Gasteiger partial charge in [0.2, 0.25) is 6.34 Å². The van der Waals surface area contributed by atoms with Crippen LogP contribution in [0, 0.1) is 27.9 Å². The Hall–Kier alpha value is -2.54. The Balaban J connectivity index is 2.55. The second kappa shape index (κ2) is 5.58. The molecular weight excluding hydrogens is 290 g/mol. The topological polar surface area (TPSA) is 95.4 Å². The maximum atomic E-state index is 12.4. The zero-order valence-electron chi connectivity index (χ0n) is 13.7. The highest BCUT2D eigenvalue weighted by atomic mass is 16.6. The maximum absolute atomic E-state index is 12.4. The number of hydrogen-bond donors (Lipinski definition) is 0. The van der Waals surface area contributed by atoms with Crippen molar-refractivity contribution in [2.45, 2.75) is 45.1 Å². The molecule has 6 heteroatoms. The minimum atomic E-state index is -0.914. The first-order chi connectivity index (χ1) is 10.6. The predicted molar refractivity (Wildman–Crippen MR) is 88.0 cm³/mol. The molecule has 0 N–H and O–H groups in total. The lowest BCUT2D eigenvalue weighted by Crippen LogP contribution is -2.32. The second-order valence-corrected chi connectivity index (χ2v) is 6.80. The van der Waals surface area contributed by atoms with Crippen LogP contribution >= 0.6 is 0 Å². The molecule has 0 aliphatic carbocycles. The maximum Gasteiger partial charge on any atom is 0.219 e. The predicted octanol–water partition coefficient (Wildman–Crippen LogP) is 3.09. The van der Waals surface area contributed by atoms with Crippen molar-refractivity contribution in [1.29, 1.82) is 10.5 Å². The molecule has 1 heterocycles. The van der Waals surface area contributed by atoms with Crippen LogP contribution in [0.4, 0.5) is 0 Å². The van der Waals surface area contributed by atoms with Crippen LogP contribution in [0.2, 0.25) is 0 Å². The quantitative estimate of drug-likeness (QED) is 0.631. The molecule has 0 bridgehead atoms. The number of hydroxylamine groups is 2. The molecule has 1 aromatic rings. The van der Waals surface area contributed by atoms with Crippen molar-refractivity contribution in [2.24, 2.45) is 10.1 Å². The summed E-state index contributed by atoms with van der Waals surface area (Å²) in [5.41, 5.74) is 0.855. The minimum absolute atomic E-state index is 0.0733. The largest absolute Gasteiger partial charge is 0.598 e. The fourth-order valence-electron chi connectivity index (χ4n) is 2.26. The van der Waals surface area contributed by atoms with Crippen molar-refractivity contribution in [3.8, 4) is 12.1 Å². The molecule has 0 fully saturated rings. The summed E-state index contributed by atoms with van der Waals surface area (Å²) in [6, 6.07) is 10.1. The highest BCUT2D eigenvalue weighted by Crippen LogP contribution is 2.31. The summed E-state index contributed by atoms with van der Waals surface area (Å²) in [5.74, 6) is 0. The number of nitrogens with zero attached hydrogens (tertiary/aromatic N) is 5. The lowest BCUT2D eigenvalue weighted by atomic mass is 9.79. The van der Waals surface area contributed by atoms with Crippen LogP contribution in [0.25, 0.3) is 0 Å². The number of benzene rings is 1. The lowest BCUT2D eigenvalue weighted by molar-refractivity contribution is -0.801. The van der Waals surface area contributed by atoms with Gasteiger partial charge in [-0.1, -0.05) is 11.2 Å². The average Bonchev–Trinajstić information content (AvgIpc) is 2.93. The van der Waals surface area contributed by atoms with E-state index in [9.17, 15) is 15.7 Å². The SMILES string of the molecule is CC(C)(C#N)c1cc(C[N+]2([O-])C=NC=N2)cc(C(C)(C)C#N)c1. The van der Waals surface area contributed by atoms with Crippen molar-refractivity contribution in [3.05, 3.63) is 40.1 Å². The van der Waals surface area contributed by atoms with Crippen LogP contribution in [0.5, 0.6) is 0 Å². The Bertz CT molecular complexity index is 706. The molecule has 0 radical (unpaired) electrons. The van der Waals surface area contributed by atoms with E-state index >= 15 is 0 Å². The molecule has 1 aliphatic heterocycles. The van der Waals surface area contributed by atoms with E-state index in [1.807, 2.05) is 45.9 Å². The molecule has 118 valence electrons. The summed E-state index contributed by atoms with van der Waals surface area (Å²) in [5, 5.41) is 35.0. The fourth-order valence-corrected chi connectivity index (χ4v) is 2.26. The number of hydrogen-bond acceptors (Lipinski definition) is 5. The van der Waals surface area contributed by atoms with Gasteiger partial charge < -0.3 is 5.21 Å². The minimum Gasteiger partial charge on any atom is -0.598 e. The van der Waals surface area contributed by atoms with Crippen LogP contribution in [0.15, 0.2) is 28.3 Å². The highest BCUT2D eigenvalue weighted by Gasteiger charge is 2.28. The monoisotopic (exact) mass is 309 g/mol. The average molecular weight is 309 g/mol. The summed E-state index contributed by atoms with van der Waals surface area (Å²) < 4.78 is -0.914. The van der Waals surface area contributed by atoms with E-state index in [1.54, 1.807) is 0 Å². The summed E-state index contributed by atoms with van der Waals surface area (Å²) in [6.45, 7) is 7.32.